The van der Waals surface area contributed by atoms with Crippen LogP contribution in [0.25, 0.3) is 11.1 Å². The van der Waals surface area contributed by atoms with E-state index in [9.17, 15) is 1.37 Å². The van der Waals surface area contributed by atoms with E-state index in [1.165, 1.54) is 22.3 Å². The SMILES string of the molecule is [2H]C1(c2ccccc2N(c2cc3c(cc2C2([2H])CC2)C(C)(C)c2ccccc2-3)C(C)(C)C)CC1. The van der Waals surface area contributed by atoms with Crippen LogP contribution >= 0.6 is 0 Å². The summed E-state index contributed by atoms with van der Waals surface area (Å²) in [6.45, 7) is 11.4. The Bertz CT molecular complexity index is 1310. The quantitative estimate of drug-likeness (QED) is 0.405. The third kappa shape index (κ3) is 3.04. The maximum absolute atomic E-state index is 9.26. The van der Waals surface area contributed by atoms with Gasteiger partial charge in [-0.3, -0.25) is 0 Å². The molecule has 0 N–H and O–H groups in total. The zero-order chi connectivity index (χ0) is 24.1. The van der Waals surface area contributed by atoms with Gasteiger partial charge in [-0.2, -0.15) is 0 Å². The van der Waals surface area contributed by atoms with E-state index in [1.54, 1.807) is 0 Å². The number of rotatable bonds is 4. The van der Waals surface area contributed by atoms with E-state index in [4.69, 9.17) is 1.37 Å². The van der Waals surface area contributed by atoms with E-state index in [1.807, 2.05) is 0 Å². The Morgan fingerprint density at radius 2 is 1.38 bits per heavy atom. The first-order valence-corrected chi connectivity index (χ1v) is 12.1. The summed E-state index contributed by atoms with van der Waals surface area (Å²) in [6, 6.07) is 22.0. The fraction of sp³-hybridized carbons (Fsp3) is 0.419. The van der Waals surface area contributed by atoms with Gasteiger partial charge in [-0.25, -0.2) is 0 Å². The highest BCUT2D eigenvalue weighted by Crippen LogP contribution is 2.56. The van der Waals surface area contributed by atoms with Crippen molar-refractivity contribution in [3.05, 3.63) is 82.9 Å². The second kappa shape index (κ2) is 6.73. The number of nitrogens with zero attached hydrogens (tertiary/aromatic N) is 1. The van der Waals surface area contributed by atoms with Gasteiger partial charge in [0.2, 0.25) is 0 Å². The molecular weight excluding hydrogens is 386 g/mol. The summed E-state index contributed by atoms with van der Waals surface area (Å²) < 4.78 is 18.2. The molecule has 3 aromatic rings. The molecule has 0 atom stereocenters. The first-order valence-electron chi connectivity index (χ1n) is 13.1. The van der Waals surface area contributed by atoms with Gasteiger partial charge in [0.15, 0.2) is 0 Å². The van der Waals surface area contributed by atoms with E-state index < -0.39 is 11.8 Å². The molecule has 164 valence electrons. The molecule has 2 saturated carbocycles. The molecule has 0 aromatic heterocycles. The highest BCUT2D eigenvalue weighted by Gasteiger charge is 2.40. The van der Waals surface area contributed by atoms with Crippen LogP contribution in [-0.2, 0) is 5.41 Å². The second-order valence-corrected chi connectivity index (χ2v) is 11.3. The van der Waals surface area contributed by atoms with Crippen LogP contribution in [0.15, 0.2) is 60.7 Å². The van der Waals surface area contributed by atoms with Crippen LogP contribution in [0.2, 0.25) is 0 Å². The Hall–Kier alpha value is -2.54. The summed E-state index contributed by atoms with van der Waals surface area (Å²) in [5.41, 5.74) is 9.56. The fourth-order valence-corrected chi connectivity index (χ4v) is 5.69. The van der Waals surface area contributed by atoms with E-state index in [0.717, 1.165) is 48.2 Å². The highest BCUT2D eigenvalue weighted by molar-refractivity contribution is 5.86. The Labute approximate surface area is 196 Å². The van der Waals surface area contributed by atoms with Gasteiger partial charge < -0.3 is 4.90 Å². The standard InChI is InChI=1S/C31H35N/c1-30(2,3)32(28-13-9-7-10-22(28)20-14-15-20)29-19-25-23-11-6-8-12-26(23)31(4,5)27(25)18-24(29)21-16-17-21/h6-13,18-21H,14-17H2,1-5H3/i20D,21D. The summed E-state index contributed by atoms with van der Waals surface area (Å²) >= 11 is 0. The van der Waals surface area contributed by atoms with Crippen molar-refractivity contribution < 1.29 is 2.74 Å². The average Bonchev–Trinajstić information content (AvgIpc) is 3.70. The normalized spacial score (nSPS) is 21.8. The lowest BCUT2D eigenvalue weighted by molar-refractivity contribution is 0.557. The van der Waals surface area contributed by atoms with Gasteiger partial charge in [-0.15, -0.1) is 0 Å². The zero-order valence-corrected chi connectivity index (χ0v) is 20.0. The van der Waals surface area contributed by atoms with Crippen LogP contribution < -0.4 is 4.90 Å². The molecule has 6 rings (SSSR count). The summed E-state index contributed by atoms with van der Waals surface area (Å²) in [6.07, 6.45) is 3.66. The van der Waals surface area contributed by atoms with Crippen molar-refractivity contribution in [3.63, 3.8) is 0 Å². The fourth-order valence-electron chi connectivity index (χ4n) is 5.69. The maximum Gasteiger partial charge on any atom is 0.0457 e. The van der Waals surface area contributed by atoms with Gasteiger partial charge in [-0.1, -0.05) is 62.4 Å². The lowest BCUT2D eigenvalue weighted by Gasteiger charge is -2.41. The predicted molar refractivity (Wildman–Crippen MR) is 136 cm³/mol. The van der Waals surface area contributed by atoms with Crippen LogP contribution in [0.4, 0.5) is 11.4 Å². The molecule has 0 unspecified atom stereocenters. The van der Waals surface area contributed by atoms with Crippen molar-refractivity contribution in [2.24, 2.45) is 0 Å². The van der Waals surface area contributed by atoms with Gasteiger partial charge >= 0.3 is 0 Å². The molecule has 32 heavy (non-hydrogen) atoms. The molecule has 3 aromatic carbocycles. The summed E-state index contributed by atoms with van der Waals surface area (Å²) in [7, 11) is 0. The van der Waals surface area contributed by atoms with Crippen molar-refractivity contribution in [3.8, 4) is 11.1 Å². The third-order valence-corrected chi connectivity index (χ3v) is 7.52. The molecule has 0 spiro atoms. The maximum atomic E-state index is 9.26. The largest absolute Gasteiger partial charge is 0.336 e. The minimum absolute atomic E-state index is 0.0752. The molecule has 1 heteroatoms. The average molecular weight is 424 g/mol. The first kappa shape index (κ1) is 18.0. The van der Waals surface area contributed by atoms with Crippen molar-refractivity contribution in [2.75, 3.05) is 4.90 Å². The predicted octanol–water partition coefficient (Wildman–Crippen LogP) is 8.68. The Morgan fingerprint density at radius 1 is 0.750 bits per heavy atom. The van der Waals surface area contributed by atoms with Gasteiger partial charge in [0.25, 0.3) is 0 Å². The van der Waals surface area contributed by atoms with Crippen LogP contribution in [0.1, 0.15) is 97.1 Å². The summed E-state index contributed by atoms with van der Waals surface area (Å²) in [4.78, 5) is 2.44. The molecule has 0 radical (unpaired) electrons. The smallest absolute Gasteiger partial charge is 0.0457 e. The van der Waals surface area contributed by atoms with Crippen molar-refractivity contribution >= 4 is 11.4 Å². The van der Waals surface area contributed by atoms with Crippen molar-refractivity contribution in [1.82, 2.24) is 0 Å². The van der Waals surface area contributed by atoms with Crippen LogP contribution in [-0.4, -0.2) is 5.54 Å². The minimum atomic E-state index is -0.522. The highest BCUT2D eigenvalue weighted by atomic mass is 15.2. The van der Waals surface area contributed by atoms with Crippen molar-refractivity contribution in [2.45, 2.75) is 83.0 Å². The van der Waals surface area contributed by atoms with Gasteiger partial charge in [-0.05, 0) is 104 Å². The molecule has 2 fully saturated rings. The Balaban J connectivity index is 1.65. The summed E-state index contributed by atoms with van der Waals surface area (Å²) in [5.74, 6) is -1.00. The number of fused-ring (bicyclic) bond motifs is 3. The van der Waals surface area contributed by atoms with E-state index in [0.29, 0.717) is 0 Å². The van der Waals surface area contributed by atoms with Gasteiger partial charge in [0, 0.05) is 25.1 Å². The van der Waals surface area contributed by atoms with E-state index in [2.05, 4.69) is 100 Å². The topological polar surface area (TPSA) is 3.24 Å². The second-order valence-electron chi connectivity index (χ2n) is 11.3. The number of hydrogen-bond donors (Lipinski definition) is 0. The molecule has 0 heterocycles. The number of hydrogen-bond acceptors (Lipinski definition) is 1. The number of benzene rings is 3. The monoisotopic (exact) mass is 423 g/mol. The van der Waals surface area contributed by atoms with Crippen LogP contribution in [0.5, 0.6) is 0 Å². The zero-order valence-electron chi connectivity index (χ0n) is 22.0. The lowest BCUT2D eigenvalue weighted by Crippen LogP contribution is -2.38. The lowest BCUT2D eigenvalue weighted by atomic mass is 9.81. The molecule has 0 amide bonds. The Morgan fingerprint density at radius 3 is 2.06 bits per heavy atom. The van der Waals surface area contributed by atoms with Crippen molar-refractivity contribution in [1.29, 1.82) is 0 Å². The number of anilines is 2. The molecule has 3 aliphatic carbocycles. The third-order valence-electron chi connectivity index (χ3n) is 7.52. The molecule has 1 nitrogen and oxygen atoms in total. The van der Waals surface area contributed by atoms with Crippen LogP contribution in [0, 0.1) is 0 Å². The van der Waals surface area contributed by atoms with Crippen LogP contribution in [0.3, 0.4) is 0 Å². The van der Waals surface area contributed by atoms with E-state index in [-0.39, 0.29) is 11.0 Å². The molecule has 0 saturated heterocycles. The van der Waals surface area contributed by atoms with E-state index >= 15 is 0 Å². The molecular formula is C31H35N. The van der Waals surface area contributed by atoms with Gasteiger partial charge in [0.05, 0.1) is 0 Å². The van der Waals surface area contributed by atoms with Gasteiger partial charge in [0.1, 0.15) is 0 Å². The molecule has 0 aliphatic heterocycles. The Kier molecular flexibility index (Phi) is 3.78. The minimum Gasteiger partial charge on any atom is -0.336 e. The summed E-state index contributed by atoms with van der Waals surface area (Å²) in [5, 5.41) is 0. The molecule has 3 aliphatic rings. The first-order chi connectivity index (χ1) is 16.0. The number of para-hydroxylation sites is 1. The molecule has 0 bridgehead atoms.